The number of benzene rings is 2. The summed E-state index contributed by atoms with van der Waals surface area (Å²) in [6, 6.07) is 12.7. The van der Waals surface area contributed by atoms with Crippen LogP contribution in [-0.4, -0.2) is 42.9 Å². The number of ether oxygens (including phenoxy) is 2. The van der Waals surface area contributed by atoms with Crippen molar-refractivity contribution in [1.82, 2.24) is 4.90 Å². The Morgan fingerprint density at radius 3 is 2.38 bits per heavy atom. The molecular weight excluding hydrogens is 390 g/mol. The summed E-state index contributed by atoms with van der Waals surface area (Å²) in [6.45, 7) is 2.17. The molecule has 6 heteroatoms. The van der Waals surface area contributed by atoms with E-state index < -0.39 is 0 Å². The number of hydrogen-bond donors (Lipinski definition) is 0. The first-order valence-corrected chi connectivity index (χ1v) is 10.1. The van der Waals surface area contributed by atoms with Crippen LogP contribution in [0.15, 0.2) is 48.5 Å². The standard InChI is InChI=1S/C23H22ClNO4/c24-19-5-1-16(2-6-19)3-8-22(26)25-11-9-17(10-12-25)23(27)18-4-7-20-21(15-18)29-14-13-28-20/h1-8,15,17H,9-14H2/b8-3+. The molecule has 4 rings (SSSR count). The zero-order valence-corrected chi connectivity index (χ0v) is 16.7. The molecule has 2 aromatic rings. The molecule has 0 saturated carbocycles. The monoisotopic (exact) mass is 411 g/mol. The highest BCUT2D eigenvalue weighted by atomic mass is 35.5. The fourth-order valence-electron chi connectivity index (χ4n) is 3.64. The van der Waals surface area contributed by atoms with Gasteiger partial charge in [-0.05, 0) is 54.8 Å². The van der Waals surface area contributed by atoms with E-state index in [0.29, 0.717) is 61.2 Å². The van der Waals surface area contributed by atoms with Gasteiger partial charge in [0.05, 0.1) is 0 Å². The van der Waals surface area contributed by atoms with E-state index in [1.165, 1.54) is 0 Å². The average molecular weight is 412 g/mol. The highest BCUT2D eigenvalue weighted by Gasteiger charge is 2.28. The lowest BCUT2D eigenvalue weighted by molar-refractivity contribution is -0.127. The summed E-state index contributed by atoms with van der Waals surface area (Å²) in [5.41, 5.74) is 1.56. The molecule has 0 bridgehead atoms. The van der Waals surface area contributed by atoms with E-state index in [2.05, 4.69) is 0 Å². The van der Waals surface area contributed by atoms with E-state index in [9.17, 15) is 9.59 Å². The lowest BCUT2D eigenvalue weighted by Gasteiger charge is -2.30. The Morgan fingerprint density at radius 1 is 0.966 bits per heavy atom. The molecule has 1 amide bonds. The topological polar surface area (TPSA) is 55.8 Å². The third-order valence-corrected chi connectivity index (χ3v) is 5.54. The number of piperidine rings is 1. The molecule has 2 aliphatic heterocycles. The Balaban J connectivity index is 1.33. The molecule has 0 aliphatic carbocycles. The summed E-state index contributed by atoms with van der Waals surface area (Å²) in [5, 5.41) is 0.665. The predicted molar refractivity (Wildman–Crippen MR) is 112 cm³/mol. The SMILES string of the molecule is O=C(c1ccc2c(c1)OCCO2)C1CCN(C(=O)/C=C/c2ccc(Cl)cc2)CC1. The number of amides is 1. The molecule has 0 spiro atoms. The number of hydrogen-bond acceptors (Lipinski definition) is 4. The van der Waals surface area contributed by atoms with Crippen molar-refractivity contribution in [3.63, 3.8) is 0 Å². The van der Waals surface area contributed by atoms with Crippen molar-refractivity contribution in [1.29, 1.82) is 0 Å². The van der Waals surface area contributed by atoms with Crippen molar-refractivity contribution >= 4 is 29.4 Å². The van der Waals surface area contributed by atoms with Crippen molar-refractivity contribution in [3.05, 3.63) is 64.7 Å². The van der Waals surface area contributed by atoms with Crippen LogP contribution >= 0.6 is 11.6 Å². The summed E-state index contributed by atoms with van der Waals surface area (Å²) in [5.74, 6) is 1.29. The molecule has 2 aliphatic rings. The van der Waals surface area contributed by atoms with E-state index in [4.69, 9.17) is 21.1 Å². The van der Waals surface area contributed by atoms with Gasteiger partial charge in [0.25, 0.3) is 0 Å². The van der Waals surface area contributed by atoms with E-state index in [1.54, 1.807) is 47.4 Å². The summed E-state index contributed by atoms with van der Waals surface area (Å²) < 4.78 is 11.1. The van der Waals surface area contributed by atoms with E-state index >= 15 is 0 Å². The number of ketones is 1. The minimum Gasteiger partial charge on any atom is -0.486 e. The second-order valence-electron chi connectivity index (χ2n) is 7.21. The number of likely N-dealkylation sites (tertiary alicyclic amines) is 1. The molecule has 0 aromatic heterocycles. The van der Waals surface area contributed by atoms with Gasteiger partial charge >= 0.3 is 0 Å². The molecule has 1 fully saturated rings. The lowest BCUT2D eigenvalue weighted by Crippen LogP contribution is -2.39. The molecule has 0 N–H and O–H groups in total. The molecule has 29 heavy (non-hydrogen) atoms. The van der Waals surface area contributed by atoms with Crippen LogP contribution in [0.5, 0.6) is 11.5 Å². The zero-order chi connectivity index (χ0) is 20.2. The first kappa shape index (κ1) is 19.5. The summed E-state index contributed by atoms with van der Waals surface area (Å²) in [6.07, 6.45) is 4.68. The van der Waals surface area contributed by atoms with Crippen LogP contribution < -0.4 is 9.47 Å². The van der Waals surface area contributed by atoms with Crippen molar-refractivity contribution in [2.75, 3.05) is 26.3 Å². The normalized spacial score (nSPS) is 16.8. The molecule has 2 heterocycles. The average Bonchev–Trinajstić information content (AvgIpc) is 2.78. The number of rotatable bonds is 4. The van der Waals surface area contributed by atoms with Crippen LogP contribution in [-0.2, 0) is 4.79 Å². The Labute approximate surface area is 174 Å². The van der Waals surface area contributed by atoms with Crippen LogP contribution in [0.25, 0.3) is 6.08 Å². The Hall–Kier alpha value is -2.79. The molecule has 0 unspecified atom stereocenters. The molecule has 0 radical (unpaired) electrons. The highest BCUT2D eigenvalue weighted by Crippen LogP contribution is 2.32. The van der Waals surface area contributed by atoms with Crippen molar-refractivity contribution in [2.45, 2.75) is 12.8 Å². The number of nitrogens with zero attached hydrogens (tertiary/aromatic N) is 1. The highest BCUT2D eigenvalue weighted by molar-refractivity contribution is 6.30. The minimum absolute atomic E-state index is 0.0369. The van der Waals surface area contributed by atoms with Crippen molar-refractivity contribution in [2.24, 2.45) is 5.92 Å². The van der Waals surface area contributed by atoms with Gasteiger partial charge in [-0.1, -0.05) is 23.7 Å². The third kappa shape index (κ3) is 4.62. The van der Waals surface area contributed by atoms with Gasteiger partial charge in [0.15, 0.2) is 17.3 Å². The number of Topliss-reactive ketones (excluding diaryl/α,β-unsaturated/α-hetero) is 1. The number of fused-ring (bicyclic) bond motifs is 1. The maximum Gasteiger partial charge on any atom is 0.246 e. The first-order valence-electron chi connectivity index (χ1n) is 9.76. The predicted octanol–water partition coefficient (Wildman–Crippen LogP) is 4.25. The fourth-order valence-corrected chi connectivity index (χ4v) is 3.77. The van der Waals surface area contributed by atoms with Gasteiger partial charge in [-0.15, -0.1) is 0 Å². The second kappa shape index (κ2) is 8.70. The van der Waals surface area contributed by atoms with Gasteiger partial charge in [0.1, 0.15) is 13.2 Å². The number of carbonyl (C=O) groups excluding carboxylic acids is 2. The van der Waals surface area contributed by atoms with Gasteiger partial charge in [0, 0.05) is 35.7 Å². The van der Waals surface area contributed by atoms with Crippen LogP contribution in [0, 0.1) is 5.92 Å². The number of halogens is 1. The molecule has 1 saturated heterocycles. The molecular formula is C23H22ClNO4. The Bertz CT molecular complexity index is 930. The minimum atomic E-state index is -0.0816. The Morgan fingerprint density at radius 2 is 1.66 bits per heavy atom. The molecule has 150 valence electrons. The second-order valence-corrected chi connectivity index (χ2v) is 7.64. The van der Waals surface area contributed by atoms with E-state index in [1.807, 2.05) is 12.1 Å². The Kier molecular flexibility index (Phi) is 5.86. The summed E-state index contributed by atoms with van der Waals surface area (Å²) in [4.78, 5) is 27.1. The molecule has 2 aromatic carbocycles. The molecule has 0 atom stereocenters. The third-order valence-electron chi connectivity index (χ3n) is 5.29. The van der Waals surface area contributed by atoms with Gasteiger partial charge in [-0.2, -0.15) is 0 Å². The quantitative estimate of drug-likeness (QED) is 0.557. The zero-order valence-electron chi connectivity index (χ0n) is 16.0. The van der Waals surface area contributed by atoms with Gasteiger partial charge in [0.2, 0.25) is 5.91 Å². The maximum atomic E-state index is 12.9. The van der Waals surface area contributed by atoms with Crippen LogP contribution in [0.1, 0.15) is 28.8 Å². The smallest absolute Gasteiger partial charge is 0.246 e. The van der Waals surface area contributed by atoms with Crippen LogP contribution in [0.2, 0.25) is 5.02 Å². The summed E-state index contributed by atoms with van der Waals surface area (Å²) in [7, 11) is 0. The number of carbonyl (C=O) groups is 2. The van der Waals surface area contributed by atoms with Crippen LogP contribution in [0.3, 0.4) is 0 Å². The maximum absolute atomic E-state index is 12.9. The first-order chi connectivity index (χ1) is 14.1. The fraction of sp³-hybridized carbons (Fsp3) is 0.304. The molecule has 5 nitrogen and oxygen atoms in total. The van der Waals surface area contributed by atoms with E-state index in [0.717, 1.165) is 5.56 Å². The lowest BCUT2D eigenvalue weighted by atomic mass is 9.88. The largest absolute Gasteiger partial charge is 0.486 e. The van der Waals surface area contributed by atoms with Gasteiger partial charge in [-0.25, -0.2) is 0 Å². The summed E-state index contributed by atoms with van der Waals surface area (Å²) >= 11 is 5.87. The van der Waals surface area contributed by atoms with Crippen LogP contribution in [0.4, 0.5) is 0 Å². The van der Waals surface area contributed by atoms with E-state index in [-0.39, 0.29) is 17.6 Å². The van der Waals surface area contributed by atoms with Crippen molar-refractivity contribution < 1.29 is 19.1 Å². The van der Waals surface area contributed by atoms with Crippen molar-refractivity contribution in [3.8, 4) is 11.5 Å². The van der Waals surface area contributed by atoms with Gasteiger partial charge < -0.3 is 14.4 Å². The van der Waals surface area contributed by atoms with Gasteiger partial charge in [-0.3, -0.25) is 9.59 Å².